The van der Waals surface area contributed by atoms with Gasteiger partial charge in [-0.1, -0.05) is 32.0 Å². The molecule has 0 unspecified atom stereocenters. The van der Waals surface area contributed by atoms with Crippen molar-refractivity contribution in [3.8, 4) is 5.75 Å². The lowest BCUT2D eigenvalue weighted by Crippen LogP contribution is -2.44. The molecule has 0 N–H and O–H groups in total. The normalized spacial score (nSPS) is 15.8. The van der Waals surface area contributed by atoms with Gasteiger partial charge in [0, 0.05) is 6.54 Å². The van der Waals surface area contributed by atoms with Gasteiger partial charge in [0.1, 0.15) is 18.0 Å². The highest BCUT2D eigenvalue weighted by Crippen LogP contribution is 2.37. The summed E-state index contributed by atoms with van der Waals surface area (Å²) in [5.41, 5.74) is 3.19. The Balaban J connectivity index is 1.75. The lowest BCUT2D eigenvalue weighted by atomic mass is 9.86. The molecule has 1 aliphatic rings. The minimum absolute atomic E-state index is 0.0422. The standard InChI is InChI=1S/C26H33NO5/c1-17(2)23-22-11-10-21(31-16-18-8-7-9-20(14-18)24(28)30-6)15-19(22)12-13-27(23)25(29)32-26(3,4)5/h7-11,14-15,17,23H,12-13,16H2,1-6H3/t23-/m0/s1. The highest BCUT2D eigenvalue weighted by Gasteiger charge is 2.35. The molecule has 0 aromatic heterocycles. The molecule has 0 bridgehead atoms. The van der Waals surface area contributed by atoms with Crippen molar-refractivity contribution in [2.75, 3.05) is 13.7 Å². The summed E-state index contributed by atoms with van der Waals surface area (Å²) in [5.74, 6) is 0.643. The predicted octanol–water partition coefficient (Wildman–Crippen LogP) is 5.54. The molecule has 3 rings (SSSR count). The van der Waals surface area contributed by atoms with E-state index in [2.05, 4.69) is 26.0 Å². The number of carbonyl (C=O) groups is 2. The second-order valence-corrected chi connectivity index (χ2v) is 9.45. The molecule has 2 aromatic carbocycles. The molecule has 6 nitrogen and oxygen atoms in total. The second kappa shape index (κ2) is 9.63. The van der Waals surface area contributed by atoms with Crippen molar-refractivity contribution in [3.63, 3.8) is 0 Å². The Hall–Kier alpha value is -3.02. The van der Waals surface area contributed by atoms with Crippen molar-refractivity contribution < 1.29 is 23.8 Å². The van der Waals surface area contributed by atoms with Crippen LogP contribution >= 0.6 is 0 Å². The summed E-state index contributed by atoms with van der Waals surface area (Å²) in [6, 6.07) is 13.2. The van der Waals surface area contributed by atoms with Gasteiger partial charge in [0.15, 0.2) is 0 Å². The van der Waals surface area contributed by atoms with Crippen molar-refractivity contribution >= 4 is 12.1 Å². The zero-order valence-electron chi connectivity index (χ0n) is 19.8. The van der Waals surface area contributed by atoms with Gasteiger partial charge in [0.2, 0.25) is 0 Å². The Labute approximate surface area is 190 Å². The number of nitrogens with zero attached hydrogens (tertiary/aromatic N) is 1. The number of hydrogen-bond acceptors (Lipinski definition) is 5. The highest BCUT2D eigenvalue weighted by atomic mass is 16.6. The summed E-state index contributed by atoms with van der Waals surface area (Å²) in [7, 11) is 1.37. The minimum Gasteiger partial charge on any atom is -0.489 e. The third-order valence-electron chi connectivity index (χ3n) is 5.40. The van der Waals surface area contributed by atoms with E-state index in [1.165, 1.54) is 12.7 Å². The van der Waals surface area contributed by atoms with Crippen LogP contribution < -0.4 is 4.74 Å². The molecule has 0 fully saturated rings. The molecule has 172 valence electrons. The van der Waals surface area contributed by atoms with Crippen LogP contribution in [0.4, 0.5) is 4.79 Å². The largest absolute Gasteiger partial charge is 0.489 e. The van der Waals surface area contributed by atoms with Gasteiger partial charge in [-0.2, -0.15) is 0 Å². The first kappa shape index (κ1) is 23.6. The monoisotopic (exact) mass is 439 g/mol. The summed E-state index contributed by atoms with van der Waals surface area (Å²) in [6.07, 6.45) is 0.472. The molecule has 1 heterocycles. The van der Waals surface area contributed by atoms with E-state index < -0.39 is 5.60 Å². The third kappa shape index (κ3) is 5.61. The van der Waals surface area contributed by atoms with E-state index in [0.717, 1.165) is 23.3 Å². The van der Waals surface area contributed by atoms with Crippen LogP contribution in [0.15, 0.2) is 42.5 Å². The number of fused-ring (bicyclic) bond motifs is 1. The summed E-state index contributed by atoms with van der Waals surface area (Å²) in [5, 5.41) is 0. The van der Waals surface area contributed by atoms with Crippen LogP contribution in [0.2, 0.25) is 0 Å². The van der Waals surface area contributed by atoms with Gasteiger partial charge < -0.3 is 19.1 Å². The molecule has 1 aliphatic heterocycles. The first-order chi connectivity index (χ1) is 15.1. The van der Waals surface area contributed by atoms with Crippen molar-refractivity contribution in [2.45, 2.75) is 59.3 Å². The van der Waals surface area contributed by atoms with Crippen LogP contribution in [-0.2, 0) is 22.5 Å². The average Bonchev–Trinajstić information content (AvgIpc) is 2.74. The van der Waals surface area contributed by atoms with Crippen molar-refractivity contribution in [3.05, 3.63) is 64.7 Å². The molecule has 2 aromatic rings. The van der Waals surface area contributed by atoms with Crippen LogP contribution in [0.1, 0.15) is 67.7 Å². The number of benzene rings is 2. The van der Waals surface area contributed by atoms with Gasteiger partial charge in [0.25, 0.3) is 0 Å². The quantitative estimate of drug-likeness (QED) is 0.572. The fourth-order valence-electron chi connectivity index (χ4n) is 4.04. The lowest BCUT2D eigenvalue weighted by molar-refractivity contribution is 0.00875. The minimum atomic E-state index is -0.526. The maximum atomic E-state index is 12.8. The Kier molecular flexibility index (Phi) is 7.12. The Morgan fingerprint density at radius 1 is 1.12 bits per heavy atom. The van der Waals surface area contributed by atoms with Crippen LogP contribution in [0, 0.1) is 5.92 Å². The Morgan fingerprint density at radius 2 is 1.88 bits per heavy atom. The number of hydrogen-bond donors (Lipinski definition) is 0. The van der Waals surface area contributed by atoms with Gasteiger partial charge in [0.05, 0.1) is 18.7 Å². The first-order valence-electron chi connectivity index (χ1n) is 11.0. The summed E-state index contributed by atoms with van der Waals surface area (Å²) < 4.78 is 16.4. The molecule has 32 heavy (non-hydrogen) atoms. The zero-order chi connectivity index (χ0) is 23.5. The van der Waals surface area contributed by atoms with E-state index in [-0.39, 0.29) is 24.0 Å². The molecule has 0 saturated carbocycles. The second-order valence-electron chi connectivity index (χ2n) is 9.45. The van der Waals surface area contributed by atoms with E-state index in [4.69, 9.17) is 14.2 Å². The number of carbonyl (C=O) groups excluding carboxylic acids is 2. The van der Waals surface area contributed by atoms with Crippen molar-refractivity contribution in [1.29, 1.82) is 0 Å². The van der Waals surface area contributed by atoms with Gasteiger partial charge in [-0.05, 0) is 74.1 Å². The van der Waals surface area contributed by atoms with Crippen molar-refractivity contribution in [2.24, 2.45) is 5.92 Å². The van der Waals surface area contributed by atoms with E-state index in [1.54, 1.807) is 12.1 Å². The molecule has 0 radical (unpaired) electrons. The van der Waals surface area contributed by atoms with Crippen LogP contribution in [-0.4, -0.2) is 36.2 Å². The van der Waals surface area contributed by atoms with Crippen molar-refractivity contribution in [1.82, 2.24) is 4.90 Å². The molecule has 6 heteroatoms. The highest BCUT2D eigenvalue weighted by molar-refractivity contribution is 5.89. The summed E-state index contributed by atoms with van der Waals surface area (Å²) >= 11 is 0. The lowest BCUT2D eigenvalue weighted by Gasteiger charge is -2.40. The van der Waals surface area contributed by atoms with Gasteiger partial charge in [-0.25, -0.2) is 9.59 Å². The van der Waals surface area contributed by atoms with Gasteiger partial charge in [-0.3, -0.25) is 0 Å². The van der Waals surface area contributed by atoms with Gasteiger partial charge in [-0.15, -0.1) is 0 Å². The topological polar surface area (TPSA) is 65.1 Å². The SMILES string of the molecule is COC(=O)c1cccc(COc2ccc3c(c2)CCN(C(=O)OC(C)(C)C)[C@H]3C(C)C)c1. The molecule has 1 amide bonds. The first-order valence-corrected chi connectivity index (χ1v) is 11.0. The van der Waals surface area contributed by atoms with E-state index in [9.17, 15) is 9.59 Å². The van der Waals surface area contributed by atoms with E-state index in [0.29, 0.717) is 18.7 Å². The van der Waals surface area contributed by atoms with E-state index >= 15 is 0 Å². The smallest absolute Gasteiger partial charge is 0.410 e. The zero-order valence-corrected chi connectivity index (χ0v) is 19.8. The Morgan fingerprint density at radius 3 is 2.53 bits per heavy atom. The molecule has 0 saturated heterocycles. The molecular formula is C26H33NO5. The molecule has 1 atom stereocenters. The van der Waals surface area contributed by atoms with Crippen LogP contribution in [0.3, 0.4) is 0 Å². The number of amides is 1. The number of rotatable bonds is 5. The summed E-state index contributed by atoms with van der Waals surface area (Å²) in [6.45, 7) is 10.9. The number of esters is 1. The van der Waals surface area contributed by atoms with Crippen LogP contribution in [0.5, 0.6) is 5.75 Å². The molecular weight excluding hydrogens is 406 g/mol. The average molecular weight is 440 g/mol. The third-order valence-corrected chi connectivity index (χ3v) is 5.40. The maximum Gasteiger partial charge on any atom is 0.410 e. The van der Waals surface area contributed by atoms with Gasteiger partial charge >= 0.3 is 12.1 Å². The molecule has 0 aliphatic carbocycles. The molecule has 0 spiro atoms. The van der Waals surface area contributed by atoms with E-state index in [1.807, 2.05) is 43.9 Å². The number of methoxy groups -OCH3 is 1. The fraction of sp³-hybridized carbons (Fsp3) is 0.462. The summed E-state index contributed by atoms with van der Waals surface area (Å²) in [4.78, 5) is 26.4. The van der Waals surface area contributed by atoms with Crippen LogP contribution in [0.25, 0.3) is 0 Å². The predicted molar refractivity (Wildman–Crippen MR) is 123 cm³/mol. The Bertz CT molecular complexity index is 976. The number of ether oxygens (including phenoxy) is 3. The maximum absolute atomic E-state index is 12.8. The fourth-order valence-corrected chi connectivity index (χ4v) is 4.04.